The van der Waals surface area contributed by atoms with E-state index in [9.17, 15) is 4.79 Å². The monoisotopic (exact) mass is 234 g/mol. The van der Waals surface area contributed by atoms with Gasteiger partial charge in [0.1, 0.15) is 0 Å². The number of rotatable bonds is 2. The van der Waals surface area contributed by atoms with E-state index in [1.54, 1.807) is 6.33 Å². The number of nitrogens with two attached hydrogens (primary N) is 1. The number of aryl methyl sites for hydroxylation is 1. The molecule has 1 aliphatic heterocycles. The van der Waals surface area contributed by atoms with Crippen LogP contribution in [0.4, 0.5) is 0 Å². The number of nitrogens with zero attached hydrogens (tertiary/aromatic N) is 3. The molecule has 2 fully saturated rings. The molecule has 1 saturated heterocycles. The van der Waals surface area contributed by atoms with E-state index < -0.39 is 0 Å². The Morgan fingerprint density at radius 2 is 2.18 bits per heavy atom. The predicted octanol–water partition coefficient (Wildman–Crippen LogP) is 0.573. The van der Waals surface area contributed by atoms with Crippen molar-refractivity contribution in [3.05, 3.63) is 18.2 Å². The molecule has 5 heteroatoms. The molecule has 1 saturated carbocycles. The Bertz CT molecular complexity index is 437. The van der Waals surface area contributed by atoms with Crippen LogP contribution in [0.3, 0.4) is 0 Å². The topological polar surface area (TPSA) is 64.2 Å². The standard InChI is InChI=1S/C12H18N4O/c1-15-7-14-6-10(15)12-9(13)4-5-11(17)16(12)8-2-3-8/h6-9,12H,2-5,13H2,1H3/t9-,12-/m1/s1. The first-order chi connectivity index (χ1) is 8.18. The highest BCUT2D eigenvalue weighted by Gasteiger charge is 2.43. The molecule has 1 aliphatic carbocycles. The Kier molecular flexibility index (Phi) is 2.43. The van der Waals surface area contributed by atoms with Gasteiger partial charge >= 0.3 is 0 Å². The lowest BCUT2D eigenvalue weighted by molar-refractivity contribution is -0.138. The molecule has 0 bridgehead atoms. The van der Waals surface area contributed by atoms with Crippen LogP contribution in [0.2, 0.25) is 0 Å². The van der Waals surface area contributed by atoms with E-state index in [4.69, 9.17) is 5.73 Å². The van der Waals surface area contributed by atoms with Gasteiger partial charge in [0.25, 0.3) is 0 Å². The van der Waals surface area contributed by atoms with E-state index in [1.807, 2.05) is 22.7 Å². The number of likely N-dealkylation sites (tertiary alicyclic amines) is 1. The van der Waals surface area contributed by atoms with Crippen LogP contribution < -0.4 is 5.73 Å². The fourth-order valence-corrected chi connectivity index (χ4v) is 2.74. The van der Waals surface area contributed by atoms with Gasteiger partial charge in [-0.25, -0.2) is 4.98 Å². The van der Waals surface area contributed by atoms with Crippen molar-refractivity contribution in [2.75, 3.05) is 0 Å². The van der Waals surface area contributed by atoms with Crippen LogP contribution in [0.25, 0.3) is 0 Å². The van der Waals surface area contributed by atoms with E-state index in [2.05, 4.69) is 4.98 Å². The van der Waals surface area contributed by atoms with Crippen molar-refractivity contribution in [3.63, 3.8) is 0 Å². The van der Waals surface area contributed by atoms with E-state index in [0.717, 1.165) is 25.0 Å². The summed E-state index contributed by atoms with van der Waals surface area (Å²) in [7, 11) is 1.96. The van der Waals surface area contributed by atoms with Crippen molar-refractivity contribution in [3.8, 4) is 0 Å². The molecule has 1 amide bonds. The smallest absolute Gasteiger partial charge is 0.223 e. The van der Waals surface area contributed by atoms with Crippen molar-refractivity contribution >= 4 is 5.91 Å². The van der Waals surface area contributed by atoms with E-state index >= 15 is 0 Å². The third-order valence-corrected chi connectivity index (χ3v) is 3.78. The van der Waals surface area contributed by atoms with Gasteiger partial charge in [-0.1, -0.05) is 0 Å². The second kappa shape index (κ2) is 3.84. The maximum atomic E-state index is 12.1. The maximum Gasteiger partial charge on any atom is 0.223 e. The number of imidazole rings is 1. The van der Waals surface area contributed by atoms with Gasteiger partial charge in [0.05, 0.1) is 24.3 Å². The van der Waals surface area contributed by atoms with Gasteiger partial charge in [-0.2, -0.15) is 0 Å². The van der Waals surface area contributed by atoms with Crippen LogP contribution in [0.15, 0.2) is 12.5 Å². The van der Waals surface area contributed by atoms with Crippen LogP contribution in [-0.2, 0) is 11.8 Å². The van der Waals surface area contributed by atoms with Gasteiger partial charge in [0.15, 0.2) is 0 Å². The van der Waals surface area contributed by atoms with Gasteiger partial charge in [-0.15, -0.1) is 0 Å². The third-order valence-electron chi connectivity index (χ3n) is 3.78. The number of carbonyl (C=O) groups excluding carboxylic acids is 1. The zero-order valence-corrected chi connectivity index (χ0v) is 10.0. The number of aromatic nitrogens is 2. The highest BCUT2D eigenvalue weighted by Crippen LogP contribution is 2.39. The highest BCUT2D eigenvalue weighted by atomic mass is 16.2. The lowest BCUT2D eigenvalue weighted by Crippen LogP contribution is -2.50. The van der Waals surface area contributed by atoms with Crippen LogP contribution in [0.5, 0.6) is 0 Å². The summed E-state index contributed by atoms with van der Waals surface area (Å²) in [6.45, 7) is 0. The summed E-state index contributed by atoms with van der Waals surface area (Å²) in [4.78, 5) is 18.2. The van der Waals surface area contributed by atoms with Gasteiger partial charge < -0.3 is 15.2 Å². The van der Waals surface area contributed by atoms with Gasteiger partial charge in [0.2, 0.25) is 5.91 Å². The first-order valence-corrected chi connectivity index (χ1v) is 6.21. The van der Waals surface area contributed by atoms with Crippen LogP contribution in [-0.4, -0.2) is 32.4 Å². The molecule has 5 nitrogen and oxygen atoms in total. The van der Waals surface area contributed by atoms with Crippen LogP contribution in [0.1, 0.15) is 37.4 Å². The Morgan fingerprint density at radius 3 is 2.76 bits per heavy atom. The Morgan fingerprint density at radius 1 is 1.41 bits per heavy atom. The molecule has 1 aromatic rings. The minimum atomic E-state index is 0.0104. The van der Waals surface area contributed by atoms with Gasteiger partial charge in [-0.05, 0) is 19.3 Å². The molecule has 2 atom stereocenters. The van der Waals surface area contributed by atoms with Crippen molar-refractivity contribution in [1.29, 1.82) is 0 Å². The molecule has 2 N–H and O–H groups in total. The number of hydrogen-bond acceptors (Lipinski definition) is 3. The maximum absolute atomic E-state index is 12.1. The predicted molar refractivity (Wildman–Crippen MR) is 63.0 cm³/mol. The minimum Gasteiger partial charge on any atom is -0.336 e. The summed E-state index contributed by atoms with van der Waals surface area (Å²) in [5, 5.41) is 0. The Balaban J connectivity index is 1.97. The molecule has 0 unspecified atom stereocenters. The molecule has 0 radical (unpaired) electrons. The molecule has 17 heavy (non-hydrogen) atoms. The fraction of sp³-hybridized carbons (Fsp3) is 0.667. The molecule has 0 aromatic carbocycles. The number of hydrogen-bond donors (Lipinski definition) is 1. The first-order valence-electron chi connectivity index (χ1n) is 6.21. The second-order valence-corrected chi connectivity index (χ2v) is 5.11. The molecule has 2 heterocycles. The average molecular weight is 234 g/mol. The Labute approximate surface area is 101 Å². The van der Waals surface area contributed by atoms with Gasteiger partial charge in [0, 0.05) is 25.6 Å². The van der Waals surface area contributed by atoms with Crippen molar-refractivity contribution in [1.82, 2.24) is 14.5 Å². The van der Waals surface area contributed by atoms with Crippen LogP contribution in [0, 0.1) is 0 Å². The summed E-state index contributed by atoms with van der Waals surface area (Å²) in [5.74, 6) is 0.250. The number of piperidine rings is 1. The highest BCUT2D eigenvalue weighted by molar-refractivity contribution is 5.78. The minimum absolute atomic E-state index is 0.0104. The summed E-state index contributed by atoms with van der Waals surface area (Å²) >= 11 is 0. The van der Waals surface area contributed by atoms with E-state index in [-0.39, 0.29) is 18.0 Å². The van der Waals surface area contributed by atoms with Crippen molar-refractivity contribution in [2.24, 2.45) is 12.8 Å². The van der Waals surface area contributed by atoms with Crippen molar-refractivity contribution < 1.29 is 4.79 Å². The summed E-state index contributed by atoms with van der Waals surface area (Å²) in [5.41, 5.74) is 7.28. The zero-order valence-electron chi connectivity index (χ0n) is 10.0. The normalized spacial score (nSPS) is 29.8. The number of amides is 1. The molecule has 0 spiro atoms. The Hall–Kier alpha value is -1.36. The molecular weight excluding hydrogens is 216 g/mol. The molecule has 3 rings (SSSR count). The molecular formula is C12H18N4O. The van der Waals surface area contributed by atoms with Gasteiger partial charge in [-0.3, -0.25) is 4.79 Å². The molecule has 1 aromatic heterocycles. The lowest BCUT2D eigenvalue weighted by atomic mass is 9.93. The van der Waals surface area contributed by atoms with E-state index in [0.29, 0.717) is 12.5 Å². The lowest BCUT2D eigenvalue weighted by Gasteiger charge is -2.40. The molecule has 2 aliphatic rings. The average Bonchev–Trinajstić information content (AvgIpc) is 3.05. The van der Waals surface area contributed by atoms with Crippen molar-refractivity contribution in [2.45, 2.75) is 43.8 Å². The SMILES string of the molecule is Cn1cncc1[C@H]1[C@H](N)CCC(=O)N1C1CC1. The second-order valence-electron chi connectivity index (χ2n) is 5.11. The third kappa shape index (κ3) is 1.74. The van der Waals surface area contributed by atoms with Crippen LogP contribution >= 0.6 is 0 Å². The largest absolute Gasteiger partial charge is 0.336 e. The summed E-state index contributed by atoms with van der Waals surface area (Å²) in [6, 6.07) is 0.452. The van der Waals surface area contributed by atoms with E-state index in [1.165, 1.54) is 0 Å². The summed E-state index contributed by atoms with van der Waals surface area (Å²) < 4.78 is 1.97. The molecule has 92 valence electrons. The first kappa shape index (κ1) is 10.8. The fourth-order valence-electron chi connectivity index (χ4n) is 2.74. The zero-order chi connectivity index (χ0) is 12.0. The summed E-state index contributed by atoms with van der Waals surface area (Å²) in [6.07, 6.45) is 7.20. The number of carbonyl (C=O) groups is 1. The quantitative estimate of drug-likeness (QED) is 0.813.